The Morgan fingerprint density at radius 3 is 2.56 bits per heavy atom. The van der Waals surface area contributed by atoms with Gasteiger partial charge in [-0.3, -0.25) is 14.4 Å². The minimum Gasteiger partial charge on any atom is -0.456 e. The zero-order valence-corrected chi connectivity index (χ0v) is 15.6. The maximum absolute atomic E-state index is 11.9. The van der Waals surface area contributed by atoms with E-state index in [4.69, 9.17) is 27.9 Å². The number of hydrogen-bond acceptors (Lipinski definition) is 5. The van der Waals surface area contributed by atoms with Crippen molar-refractivity contribution in [2.45, 2.75) is 19.8 Å². The van der Waals surface area contributed by atoms with Crippen LogP contribution in [-0.2, 0) is 14.3 Å². The molecule has 0 saturated carbocycles. The molecule has 1 N–H and O–H groups in total. The number of carbonyl (C=O) groups excluding carboxylic acids is 3. The number of rotatable bonds is 7. The minimum absolute atomic E-state index is 0.00466. The number of esters is 1. The van der Waals surface area contributed by atoms with Crippen molar-refractivity contribution in [1.29, 1.82) is 0 Å². The van der Waals surface area contributed by atoms with Gasteiger partial charge in [0, 0.05) is 17.1 Å². The van der Waals surface area contributed by atoms with Crippen molar-refractivity contribution < 1.29 is 19.1 Å². The molecule has 0 unspecified atom stereocenters. The molecule has 132 valence electrons. The average molecular weight is 400 g/mol. The van der Waals surface area contributed by atoms with Gasteiger partial charge in [0.25, 0.3) is 5.91 Å². The summed E-state index contributed by atoms with van der Waals surface area (Å²) < 4.78 is 5.39. The van der Waals surface area contributed by atoms with Gasteiger partial charge in [-0.05, 0) is 36.8 Å². The van der Waals surface area contributed by atoms with Crippen molar-refractivity contribution >= 4 is 57.9 Å². The Labute approximate surface area is 158 Å². The predicted molar refractivity (Wildman–Crippen MR) is 98.7 cm³/mol. The molecule has 0 atom stereocenters. The van der Waals surface area contributed by atoms with E-state index in [1.165, 1.54) is 0 Å². The number of aryl methyl sites for hydroxylation is 1. The second kappa shape index (κ2) is 8.99. The van der Waals surface area contributed by atoms with Crippen LogP contribution in [0.2, 0.25) is 9.36 Å². The molecule has 0 bridgehead atoms. The summed E-state index contributed by atoms with van der Waals surface area (Å²) in [6.07, 6.45) is -0.0947. The molecule has 0 fully saturated rings. The molecule has 2 rings (SSSR count). The number of nitrogens with one attached hydrogen (secondary N) is 1. The fourth-order valence-electron chi connectivity index (χ4n) is 1.94. The molecule has 0 aliphatic carbocycles. The quantitative estimate of drug-likeness (QED) is 0.548. The average Bonchev–Trinajstić information content (AvgIpc) is 3.00. The van der Waals surface area contributed by atoms with Crippen molar-refractivity contribution in [3.8, 4) is 0 Å². The predicted octanol–water partition coefficient (Wildman–Crippen LogP) is 4.51. The molecule has 0 spiro atoms. The molecule has 0 saturated heterocycles. The number of ether oxygens (including phenoxy) is 1. The number of anilines is 1. The van der Waals surface area contributed by atoms with Crippen LogP contribution in [0.3, 0.4) is 0 Å². The summed E-state index contributed by atoms with van der Waals surface area (Å²) in [7, 11) is 0. The highest BCUT2D eigenvalue weighted by Gasteiger charge is 2.14. The fourth-order valence-corrected chi connectivity index (χ4v) is 3.12. The molecule has 1 heterocycles. The normalized spacial score (nSPS) is 10.4. The topological polar surface area (TPSA) is 72.5 Å². The molecule has 0 radical (unpaired) electrons. The Balaban J connectivity index is 1.75. The number of benzene rings is 1. The van der Waals surface area contributed by atoms with E-state index >= 15 is 0 Å². The van der Waals surface area contributed by atoms with E-state index in [-0.39, 0.29) is 18.6 Å². The largest absolute Gasteiger partial charge is 0.456 e. The van der Waals surface area contributed by atoms with Crippen LogP contribution in [0, 0.1) is 6.92 Å². The molecular formula is C17H15Cl2NO4S. The van der Waals surface area contributed by atoms with Crippen LogP contribution in [0.4, 0.5) is 5.69 Å². The van der Waals surface area contributed by atoms with Gasteiger partial charge in [-0.1, -0.05) is 29.3 Å². The lowest BCUT2D eigenvalue weighted by atomic mass is 10.2. The third-order valence-electron chi connectivity index (χ3n) is 3.24. The van der Waals surface area contributed by atoms with Crippen molar-refractivity contribution in [3.63, 3.8) is 0 Å². The molecule has 25 heavy (non-hydrogen) atoms. The zero-order valence-electron chi connectivity index (χ0n) is 13.3. The van der Waals surface area contributed by atoms with E-state index in [2.05, 4.69) is 5.32 Å². The molecule has 0 aliphatic heterocycles. The lowest BCUT2D eigenvalue weighted by molar-refractivity contribution is -0.147. The number of hydrogen-bond donors (Lipinski definition) is 1. The monoisotopic (exact) mass is 399 g/mol. The minimum atomic E-state index is -0.617. The third kappa shape index (κ3) is 6.16. The Bertz CT molecular complexity index is 804. The van der Waals surface area contributed by atoms with Crippen LogP contribution < -0.4 is 5.32 Å². The fraction of sp³-hybridized carbons (Fsp3) is 0.235. The van der Waals surface area contributed by atoms with Gasteiger partial charge in [0.15, 0.2) is 12.4 Å². The van der Waals surface area contributed by atoms with Crippen LogP contribution in [-0.4, -0.2) is 24.3 Å². The lowest BCUT2D eigenvalue weighted by Gasteiger charge is -2.09. The third-order valence-corrected chi connectivity index (χ3v) is 4.75. The summed E-state index contributed by atoms with van der Waals surface area (Å²) in [4.78, 5) is 35.9. The highest BCUT2D eigenvalue weighted by molar-refractivity contribution is 7.18. The van der Waals surface area contributed by atoms with Gasteiger partial charge in [0.1, 0.15) is 0 Å². The van der Waals surface area contributed by atoms with Gasteiger partial charge in [0.2, 0.25) is 0 Å². The Morgan fingerprint density at radius 2 is 1.88 bits per heavy atom. The lowest BCUT2D eigenvalue weighted by Crippen LogP contribution is -2.21. The molecule has 0 aliphatic rings. The molecular weight excluding hydrogens is 385 g/mol. The van der Waals surface area contributed by atoms with Crippen LogP contribution >= 0.6 is 34.5 Å². The first kappa shape index (κ1) is 19.4. The Hall–Kier alpha value is -1.89. The number of Topliss-reactive ketones (excluding diaryl/α,β-unsaturated/α-hetero) is 1. The van der Waals surface area contributed by atoms with Gasteiger partial charge in [-0.25, -0.2) is 0 Å². The first-order chi connectivity index (χ1) is 11.8. The van der Waals surface area contributed by atoms with Gasteiger partial charge in [0.05, 0.1) is 15.6 Å². The molecule has 5 nitrogen and oxygen atoms in total. The Kier molecular flexibility index (Phi) is 6.99. The standard InChI is InChI=1S/C17H15Cl2NO4S/c1-10-2-3-11(18)8-12(10)20-16(22)9-24-17(23)7-4-13(21)14-5-6-15(19)25-14/h2-3,5-6,8H,4,7,9H2,1H3,(H,20,22). The van der Waals surface area contributed by atoms with E-state index in [1.807, 2.05) is 6.92 Å². The van der Waals surface area contributed by atoms with Crippen LogP contribution in [0.15, 0.2) is 30.3 Å². The molecule has 2 aromatic rings. The zero-order chi connectivity index (χ0) is 18.4. The maximum atomic E-state index is 11.9. The van der Waals surface area contributed by atoms with E-state index in [1.54, 1.807) is 30.3 Å². The van der Waals surface area contributed by atoms with Crippen molar-refractivity contribution in [2.24, 2.45) is 0 Å². The maximum Gasteiger partial charge on any atom is 0.306 e. The van der Waals surface area contributed by atoms with E-state index < -0.39 is 18.5 Å². The second-order valence-corrected chi connectivity index (χ2v) is 7.35. The summed E-state index contributed by atoms with van der Waals surface area (Å²) in [5, 5.41) is 3.11. The first-order valence-corrected chi connectivity index (χ1v) is 8.92. The van der Waals surface area contributed by atoms with Gasteiger partial charge < -0.3 is 10.1 Å². The summed E-state index contributed by atoms with van der Waals surface area (Å²) in [6.45, 7) is 1.39. The smallest absolute Gasteiger partial charge is 0.306 e. The summed E-state index contributed by atoms with van der Waals surface area (Å²) >= 11 is 12.8. The molecule has 8 heteroatoms. The molecule has 1 aromatic heterocycles. The number of amides is 1. The van der Waals surface area contributed by atoms with E-state index in [9.17, 15) is 14.4 Å². The number of halogens is 2. The summed E-state index contributed by atoms with van der Waals surface area (Å²) in [5.41, 5.74) is 1.39. The summed E-state index contributed by atoms with van der Waals surface area (Å²) in [6, 6.07) is 8.33. The van der Waals surface area contributed by atoms with Crippen LogP contribution in [0.25, 0.3) is 0 Å². The highest BCUT2D eigenvalue weighted by Crippen LogP contribution is 2.23. The summed E-state index contributed by atoms with van der Waals surface area (Å²) in [5.74, 6) is -1.28. The van der Waals surface area contributed by atoms with Gasteiger partial charge in [-0.2, -0.15) is 0 Å². The van der Waals surface area contributed by atoms with Crippen molar-refractivity contribution in [3.05, 3.63) is 50.1 Å². The molecule has 1 amide bonds. The first-order valence-electron chi connectivity index (χ1n) is 7.35. The van der Waals surface area contributed by atoms with Gasteiger partial charge in [-0.15, -0.1) is 11.3 Å². The molecule has 1 aromatic carbocycles. The SMILES string of the molecule is Cc1ccc(Cl)cc1NC(=O)COC(=O)CCC(=O)c1ccc(Cl)s1. The highest BCUT2D eigenvalue weighted by atomic mass is 35.5. The number of thiophene rings is 1. The van der Waals surface area contributed by atoms with Gasteiger partial charge >= 0.3 is 5.97 Å². The van der Waals surface area contributed by atoms with E-state index in [0.717, 1.165) is 16.9 Å². The number of ketones is 1. The number of carbonyl (C=O) groups is 3. The van der Waals surface area contributed by atoms with Crippen molar-refractivity contribution in [2.75, 3.05) is 11.9 Å². The van der Waals surface area contributed by atoms with E-state index in [0.29, 0.717) is 19.9 Å². The van der Waals surface area contributed by atoms with Crippen LogP contribution in [0.5, 0.6) is 0 Å². The van der Waals surface area contributed by atoms with Crippen molar-refractivity contribution in [1.82, 2.24) is 0 Å². The van der Waals surface area contributed by atoms with Crippen LogP contribution in [0.1, 0.15) is 28.1 Å². The second-order valence-electron chi connectivity index (χ2n) is 5.20. The Morgan fingerprint density at radius 1 is 1.12 bits per heavy atom.